The van der Waals surface area contributed by atoms with Gasteiger partial charge in [-0.2, -0.15) is 0 Å². The van der Waals surface area contributed by atoms with Crippen molar-refractivity contribution in [3.63, 3.8) is 0 Å². The lowest BCUT2D eigenvalue weighted by Gasteiger charge is -2.27. The Bertz CT molecular complexity index is 970. The Morgan fingerprint density at radius 2 is 2.10 bits per heavy atom. The van der Waals surface area contributed by atoms with Crippen LogP contribution in [0, 0.1) is 12.8 Å². The molecular formula is C22H29ClN4O4. The van der Waals surface area contributed by atoms with E-state index in [1.54, 1.807) is 25.1 Å². The maximum Gasteiger partial charge on any atom is 0.255 e. The highest BCUT2D eigenvalue weighted by Crippen LogP contribution is 2.28. The monoisotopic (exact) mass is 448 g/mol. The lowest BCUT2D eigenvalue weighted by molar-refractivity contribution is -0.116. The standard InChI is InChI=1S/C22H29ClN4O4/c1-14(2)13-31-19-6-4-16(12-18(19)23)25-20(28)7-5-17-15(3)24-22(26-21(17)29)27-8-10-30-11-9-27/h4,6,12,14H,5,7-11,13H2,1-3H3,(H,25,28)(H,24,26,29). The van der Waals surface area contributed by atoms with Crippen LogP contribution < -0.4 is 20.5 Å². The number of morpholine rings is 1. The Morgan fingerprint density at radius 1 is 1.35 bits per heavy atom. The number of aromatic nitrogens is 2. The Labute approximate surface area is 186 Å². The van der Waals surface area contributed by atoms with E-state index in [-0.39, 0.29) is 17.9 Å². The molecule has 31 heavy (non-hydrogen) atoms. The van der Waals surface area contributed by atoms with E-state index >= 15 is 0 Å². The van der Waals surface area contributed by atoms with Crippen molar-refractivity contribution in [2.45, 2.75) is 33.6 Å². The zero-order chi connectivity index (χ0) is 22.4. The molecule has 0 radical (unpaired) electrons. The summed E-state index contributed by atoms with van der Waals surface area (Å²) in [6, 6.07) is 5.14. The highest BCUT2D eigenvalue weighted by Gasteiger charge is 2.17. The minimum absolute atomic E-state index is 0.158. The van der Waals surface area contributed by atoms with E-state index in [1.807, 2.05) is 4.90 Å². The van der Waals surface area contributed by atoms with Crippen LogP contribution in [0.1, 0.15) is 31.5 Å². The van der Waals surface area contributed by atoms with Gasteiger partial charge in [0.25, 0.3) is 5.56 Å². The molecule has 0 unspecified atom stereocenters. The fraction of sp³-hybridized carbons (Fsp3) is 0.500. The normalized spacial score (nSPS) is 14.0. The number of nitrogens with one attached hydrogen (secondary N) is 2. The van der Waals surface area contributed by atoms with Gasteiger partial charge in [0.05, 0.1) is 24.8 Å². The molecule has 2 N–H and O–H groups in total. The summed E-state index contributed by atoms with van der Waals surface area (Å²) in [5.41, 5.74) is 1.52. The number of carbonyl (C=O) groups excluding carboxylic acids is 1. The summed E-state index contributed by atoms with van der Waals surface area (Å²) >= 11 is 6.25. The Morgan fingerprint density at radius 3 is 2.74 bits per heavy atom. The van der Waals surface area contributed by atoms with E-state index in [2.05, 4.69) is 29.1 Å². The number of hydrogen-bond acceptors (Lipinski definition) is 6. The molecule has 3 rings (SSSR count). The van der Waals surface area contributed by atoms with Crippen LogP contribution in [0.5, 0.6) is 5.75 Å². The Kier molecular flexibility index (Phi) is 7.92. The summed E-state index contributed by atoms with van der Waals surface area (Å²) in [7, 11) is 0. The van der Waals surface area contributed by atoms with Gasteiger partial charge in [-0.25, -0.2) is 4.98 Å². The molecular weight excluding hydrogens is 420 g/mol. The molecule has 0 aliphatic carbocycles. The maximum atomic E-state index is 12.5. The van der Waals surface area contributed by atoms with Crippen molar-refractivity contribution >= 4 is 29.1 Å². The van der Waals surface area contributed by atoms with Crippen molar-refractivity contribution in [1.82, 2.24) is 9.97 Å². The molecule has 8 nitrogen and oxygen atoms in total. The molecule has 2 heterocycles. The van der Waals surface area contributed by atoms with Gasteiger partial charge in [0.15, 0.2) is 0 Å². The average molecular weight is 449 g/mol. The number of ether oxygens (including phenoxy) is 2. The van der Waals surface area contributed by atoms with Crippen molar-refractivity contribution in [2.24, 2.45) is 5.92 Å². The summed E-state index contributed by atoms with van der Waals surface area (Å²) in [5.74, 6) is 1.32. The van der Waals surface area contributed by atoms with Gasteiger partial charge >= 0.3 is 0 Å². The summed E-state index contributed by atoms with van der Waals surface area (Å²) in [4.78, 5) is 34.3. The SMILES string of the molecule is Cc1nc(N2CCOCC2)[nH]c(=O)c1CCC(=O)Nc1ccc(OCC(C)C)c(Cl)c1. The van der Waals surface area contributed by atoms with E-state index in [9.17, 15) is 9.59 Å². The van der Waals surface area contributed by atoms with Gasteiger partial charge in [-0.1, -0.05) is 25.4 Å². The first-order chi connectivity index (χ1) is 14.8. The number of halogens is 1. The summed E-state index contributed by atoms with van der Waals surface area (Å²) in [6.45, 7) is 9.07. The van der Waals surface area contributed by atoms with Crippen LogP contribution in [0.2, 0.25) is 5.02 Å². The highest BCUT2D eigenvalue weighted by molar-refractivity contribution is 6.32. The molecule has 168 valence electrons. The molecule has 1 aromatic heterocycles. The van der Waals surface area contributed by atoms with Crippen LogP contribution in [0.3, 0.4) is 0 Å². The Balaban J connectivity index is 1.58. The average Bonchev–Trinajstić information content (AvgIpc) is 2.73. The van der Waals surface area contributed by atoms with Gasteiger partial charge < -0.3 is 19.7 Å². The van der Waals surface area contributed by atoms with Gasteiger partial charge in [0, 0.05) is 36.5 Å². The molecule has 1 saturated heterocycles. The van der Waals surface area contributed by atoms with Crippen LogP contribution >= 0.6 is 11.6 Å². The predicted molar refractivity (Wildman–Crippen MR) is 121 cm³/mol. The third-order valence-corrected chi connectivity index (χ3v) is 5.21. The number of hydrogen-bond donors (Lipinski definition) is 2. The molecule has 9 heteroatoms. The number of carbonyl (C=O) groups is 1. The second-order valence-electron chi connectivity index (χ2n) is 7.95. The topological polar surface area (TPSA) is 96.6 Å². The van der Waals surface area contributed by atoms with Crippen LogP contribution in [-0.2, 0) is 16.0 Å². The molecule has 1 amide bonds. The van der Waals surface area contributed by atoms with Crippen LogP contribution in [0.15, 0.2) is 23.0 Å². The fourth-order valence-electron chi connectivity index (χ4n) is 3.23. The van der Waals surface area contributed by atoms with Gasteiger partial charge in [-0.05, 0) is 37.5 Å². The lowest BCUT2D eigenvalue weighted by atomic mass is 10.1. The number of benzene rings is 1. The minimum atomic E-state index is -0.212. The van der Waals surface area contributed by atoms with Crippen LogP contribution in [0.4, 0.5) is 11.6 Å². The summed E-state index contributed by atoms with van der Waals surface area (Å²) < 4.78 is 11.0. The maximum absolute atomic E-state index is 12.5. The molecule has 0 spiro atoms. The highest BCUT2D eigenvalue weighted by atomic mass is 35.5. The number of amides is 1. The largest absolute Gasteiger partial charge is 0.492 e. The zero-order valence-electron chi connectivity index (χ0n) is 18.2. The third kappa shape index (κ3) is 6.45. The van der Waals surface area contributed by atoms with E-state index in [0.717, 1.165) is 0 Å². The first kappa shape index (κ1) is 23.1. The minimum Gasteiger partial charge on any atom is -0.492 e. The first-order valence-corrected chi connectivity index (χ1v) is 10.9. The number of anilines is 2. The molecule has 1 aliphatic rings. The van der Waals surface area contributed by atoms with E-state index in [4.69, 9.17) is 21.1 Å². The van der Waals surface area contributed by atoms with Gasteiger partial charge in [-0.3, -0.25) is 14.6 Å². The molecule has 0 bridgehead atoms. The molecule has 2 aromatic rings. The van der Waals surface area contributed by atoms with Crippen molar-refractivity contribution in [3.05, 3.63) is 44.8 Å². The van der Waals surface area contributed by atoms with Gasteiger partial charge in [0.1, 0.15) is 5.75 Å². The number of aromatic amines is 1. The predicted octanol–water partition coefficient (Wildman–Crippen LogP) is 3.17. The Hall–Kier alpha value is -2.58. The smallest absolute Gasteiger partial charge is 0.255 e. The van der Waals surface area contributed by atoms with Crippen molar-refractivity contribution in [1.29, 1.82) is 0 Å². The number of aryl methyl sites for hydroxylation is 1. The zero-order valence-corrected chi connectivity index (χ0v) is 18.9. The van der Waals surface area contributed by atoms with Gasteiger partial charge in [-0.15, -0.1) is 0 Å². The van der Waals surface area contributed by atoms with Crippen LogP contribution in [0.25, 0.3) is 0 Å². The first-order valence-electron chi connectivity index (χ1n) is 10.5. The quantitative estimate of drug-likeness (QED) is 0.643. The van der Waals surface area contributed by atoms with E-state index in [0.29, 0.717) is 78.9 Å². The lowest BCUT2D eigenvalue weighted by Crippen LogP contribution is -2.38. The second-order valence-corrected chi connectivity index (χ2v) is 8.36. The fourth-order valence-corrected chi connectivity index (χ4v) is 3.46. The molecule has 1 fully saturated rings. The number of H-pyrrole nitrogens is 1. The van der Waals surface area contributed by atoms with Crippen molar-refractivity contribution in [2.75, 3.05) is 43.1 Å². The van der Waals surface area contributed by atoms with Crippen molar-refractivity contribution in [3.8, 4) is 5.75 Å². The van der Waals surface area contributed by atoms with E-state index in [1.165, 1.54) is 0 Å². The number of nitrogens with zero attached hydrogens (tertiary/aromatic N) is 2. The van der Waals surface area contributed by atoms with Crippen LogP contribution in [-0.4, -0.2) is 48.8 Å². The molecule has 1 aromatic carbocycles. The summed E-state index contributed by atoms with van der Waals surface area (Å²) in [6.07, 6.45) is 0.457. The van der Waals surface area contributed by atoms with Gasteiger partial charge in [0.2, 0.25) is 11.9 Å². The van der Waals surface area contributed by atoms with E-state index < -0.39 is 0 Å². The molecule has 0 saturated carbocycles. The molecule has 1 aliphatic heterocycles. The van der Waals surface area contributed by atoms with Crippen molar-refractivity contribution < 1.29 is 14.3 Å². The second kappa shape index (κ2) is 10.6. The third-order valence-electron chi connectivity index (χ3n) is 4.91. The molecule has 0 atom stereocenters. The summed E-state index contributed by atoms with van der Waals surface area (Å²) in [5, 5.41) is 3.25. The number of rotatable bonds is 8.